The summed E-state index contributed by atoms with van der Waals surface area (Å²) in [5.41, 5.74) is 12.3. The van der Waals surface area contributed by atoms with Gasteiger partial charge in [0.2, 0.25) is 0 Å². The van der Waals surface area contributed by atoms with E-state index in [4.69, 9.17) is 0 Å². The van der Waals surface area contributed by atoms with Crippen molar-refractivity contribution in [1.29, 1.82) is 0 Å². The van der Waals surface area contributed by atoms with Gasteiger partial charge >= 0.3 is 0 Å². The van der Waals surface area contributed by atoms with E-state index in [1.54, 1.807) is 0 Å². The van der Waals surface area contributed by atoms with Crippen molar-refractivity contribution in [3.8, 4) is 0 Å². The monoisotopic (exact) mass is 819 g/mol. The topological polar surface area (TPSA) is 9.72 Å². The minimum Gasteiger partial charge on any atom is -0.310 e. The largest absolute Gasteiger partial charge is 0.310 e. The lowest BCUT2D eigenvalue weighted by molar-refractivity contribution is 0.632. The van der Waals surface area contributed by atoms with Crippen molar-refractivity contribution < 1.29 is 0 Å². The maximum Gasteiger partial charge on any atom is 0.0504 e. The average Bonchev–Trinajstić information content (AvgIpc) is 3.35. The molecular weight excluding hydrogens is 775 g/mol. The number of para-hydroxylation sites is 1. The van der Waals surface area contributed by atoms with Crippen molar-refractivity contribution in [3.05, 3.63) is 248 Å². The Morgan fingerprint density at radius 3 is 0.906 bits per heavy atom. The van der Waals surface area contributed by atoms with Crippen LogP contribution < -0.4 is 14.7 Å². The fourth-order valence-electron chi connectivity index (χ4n) is 10.0. The van der Waals surface area contributed by atoms with Gasteiger partial charge < -0.3 is 14.7 Å². The summed E-state index contributed by atoms with van der Waals surface area (Å²) in [7, 11) is 0. The molecule has 0 unspecified atom stereocenters. The minimum absolute atomic E-state index is 0.390. The number of anilines is 9. The van der Waals surface area contributed by atoms with E-state index in [0.717, 1.165) is 39.8 Å². The van der Waals surface area contributed by atoms with Crippen LogP contribution in [-0.2, 0) is 5.41 Å². The molecule has 0 N–H and O–H groups in total. The number of rotatable bonds is 7. The van der Waals surface area contributed by atoms with Gasteiger partial charge in [-0.05, 0) is 151 Å². The second kappa shape index (κ2) is 15.0. The first kappa shape index (κ1) is 37.6. The summed E-state index contributed by atoms with van der Waals surface area (Å²) >= 11 is 0. The second-order valence-corrected chi connectivity index (χ2v) is 17.5. The molecule has 11 aromatic rings. The summed E-state index contributed by atoms with van der Waals surface area (Å²) in [4.78, 5) is 7.31. The highest BCUT2D eigenvalue weighted by atomic mass is 15.2. The van der Waals surface area contributed by atoms with Gasteiger partial charge in [-0.3, -0.25) is 0 Å². The molecule has 0 fully saturated rings. The van der Waals surface area contributed by atoms with Crippen molar-refractivity contribution >= 4 is 94.3 Å². The Balaban J connectivity index is 1.06. The first-order chi connectivity index (χ1) is 31.5. The fourth-order valence-corrected chi connectivity index (χ4v) is 10.0. The first-order valence-electron chi connectivity index (χ1n) is 22.2. The summed E-state index contributed by atoms with van der Waals surface area (Å²) in [6.07, 6.45) is 0. The van der Waals surface area contributed by atoms with E-state index in [0.29, 0.717) is 0 Å². The van der Waals surface area contributed by atoms with Gasteiger partial charge in [0.25, 0.3) is 0 Å². The molecule has 0 radical (unpaired) electrons. The molecule has 3 heteroatoms. The smallest absolute Gasteiger partial charge is 0.0504 e. The number of nitrogens with zero attached hydrogens (tertiary/aromatic N) is 3. The fraction of sp³-hybridized carbons (Fsp3) is 0.0492. The third-order valence-corrected chi connectivity index (χ3v) is 13.3. The van der Waals surface area contributed by atoms with Crippen molar-refractivity contribution in [2.24, 2.45) is 0 Å². The Morgan fingerprint density at radius 1 is 0.281 bits per heavy atom. The Morgan fingerprint density at radius 2 is 0.562 bits per heavy atom. The SMILES string of the molecule is CC1(C)c2cc(N(c3ccc4ccccc4c3)c3ccc4ccccc4c3)ccc2N(c2ccccc2)c2ccc(N(c3ccc4ccccc4c3)c3ccc4ccccc4c3)cc21. The zero-order valence-electron chi connectivity index (χ0n) is 35.9. The van der Waals surface area contributed by atoms with Crippen LogP contribution in [0.4, 0.5) is 51.2 Å². The van der Waals surface area contributed by atoms with Crippen LogP contribution in [0.3, 0.4) is 0 Å². The molecule has 1 aliphatic heterocycles. The summed E-state index contributed by atoms with van der Waals surface area (Å²) in [5, 5.41) is 9.75. The zero-order valence-corrected chi connectivity index (χ0v) is 35.9. The number of fused-ring (bicyclic) bond motifs is 6. The van der Waals surface area contributed by atoms with Gasteiger partial charge in [0, 0.05) is 45.2 Å². The lowest BCUT2D eigenvalue weighted by Gasteiger charge is -2.43. The van der Waals surface area contributed by atoms with Crippen LogP contribution in [0.5, 0.6) is 0 Å². The van der Waals surface area contributed by atoms with E-state index in [1.807, 2.05) is 0 Å². The van der Waals surface area contributed by atoms with Crippen LogP contribution in [0.25, 0.3) is 43.1 Å². The molecule has 3 nitrogen and oxygen atoms in total. The highest BCUT2D eigenvalue weighted by Gasteiger charge is 2.38. The Kier molecular flexibility index (Phi) is 8.84. The van der Waals surface area contributed by atoms with Crippen molar-refractivity contribution in [2.45, 2.75) is 19.3 Å². The molecule has 0 spiro atoms. The minimum atomic E-state index is -0.390. The predicted molar refractivity (Wildman–Crippen MR) is 273 cm³/mol. The maximum atomic E-state index is 2.45. The molecule has 0 aliphatic carbocycles. The van der Waals surface area contributed by atoms with Gasteiger partial charge in [-0.2, -0.15) is 0 Å². The van der Waals surface area contributed by atoms with Crippen LogP contribution in [0.2, 0.25) is 0 Å². The average molecular weight is 820 g/mol. The highest BCUT2D eigenvalue weighted by Crippen LogP contribution is 2.55. The molecule has 0 saturated heterocycles. The van der Waals surface area contributed by atoms with Crippen molar-refractivity contribution in [3.63, 3.8) is 0 Å². The molecule has 11 aromatic carbocycles. The second-order valence-electron chi connectivity index (χ2n) is 17.5. The van der Waals surface area contributed by atoms with Gasteiger partial charge in [0.05, 0.1) is 11.4 Å². The molecule has 0 aromatic heterocycles. The quantitative estimate of drug-likeness (QED) is 0.159. The first-order valence-corrected chi connectivity index (χ1v) is 22.2. The summed E-state index contributed by atoms with van der Waals surface area (Å²) < 4.78 is 0. The van der Waals surface area contributed by atoms with E-state index >= 15 is 0 Å². The summed E-state index contributed by atoms with van der Waals surface area (Å²) in [6.45, 7) is 4.79. The van der Waals surface area contributed by atoms with E-state index in [1.165, 1.54) is 65.6 Å². The molecule has 0 bridgehead atoms. The molecule has 1 heterocycles. The molecule has 0 amide bonds. The Bertz CT molecular complexity index is 3200. The van der Waals surface area contributed by atoms with Crippen molar-refractivity contribution in [1.82, 2.24) is 0 Å². The number of hydrogen-bond acceptors (Lipinski definition) is 3. The van der Waals surface area contributed by atoms with Crippen LogP contribution in [0.15, 0.2) is 237 Å². The van der Waals surface area contributed by atoms with Crippen molar-refractivity contribution in [2.75, 3.05) is 14.7 Å². The lowest BCUT2D eigenvalue weighted by atomic mass is 9.73. The summed E-state index contributed by atoms with van der Waals surface area (Å²) in [5.74, 6) is 0. The summed E-state index contributed by atoms with van der Waals surface area (Å²) in [6, 6.07) is 86.8. The van der Waals surface area contributed by atoms with E-state index < -0.39 is 5.41 Å². The molecule has 12 rings (SSSR count). The molecule has 0 atom stereocenters. The molecule has 304 valence electrons. The molecule has 64 heavy (non-hydrogen) atoms. The molecular formula is C61H45N3. The number of benzene rings is 11. The highest BCUT2D eigenvalue weighted by molar-refractivity contribution is 5.96. The zero-order chi connectivity index (χ0) is 42.8. The third kappa shape index (κ3) is 6.36. The molecule has 1 aliphatic rings. The normalized spacial score (nSPS) is 12.9. The Labute approximate surface area is 374 Å². The maximum absolute atomic E-state index is 2.45. The number of hydrogen-bond donors (Lipinski definition) is 0. The van der Waals surface area contributed by atoms with Gasteiger partial charge in [0.1, 0.15) is 0 Å². The van der Waals surface area contributed by atoms with E-state index in [-0.39, 0.29) is 0 Å². The van der Waals surface area contributed by atoms with Gasteiger partial charge in [-0.15, -0.1) is 0 Å². The van der Waals surface area contributed by atoms with Gasteiger partial charge in [-0.1, -0.05) is 153 Å². The Hall–Kier alpha value is -8.14. The molecule has 0 saturated carbocycles. The van der Waals surface area contributed by atoms with E-state index in [2.05, 4.69) is 265 Å². The van der Waals surface area contributed by atoms with Crippen LogP contribution >= 0.6 is 0 Å². The third-order valence-electron chi connectivity index (χ3n) is 13.3. The van der Waals surface area contributed by atoms with E-state index in [9.17, 15) is 0 Å². The predicted octanol–water partition coefficient (Wildman–Crippen LogP) is 17.3. The standard InChI is InChI=1S/C61H45N3/c1-61(2)57-40-55(62(51-28-24-42-14-6-10-18-46(42)36-51)52-29-25-43-15-7-11-19-47(43)37-52)32-34-59(57)64(50-22-4-3-5-23-50)60-35-33-56(41-58(60)61)63(53-30-26-44-16-8-12-20-48(44)38-53)54-31-27-45-17-9-13-21-49(45)39-54/h3-41H,1-2H3. The van der Waals surface area contributed by atoms with Crippen LogP contribution in [0, 0.1) is 0 Å². The van der Waals surface area contributed by atoms with Crippen LogP contribution in [-0.4, -0.2) is 0 Å². The van der Waals surface area contributed by atoms with Gasteiger partial charge in [-0.25, -0.2) is 0 Å². The van der Waals surface area contributed by atoms with Gasteiger partial charge in [0.15, 0.2) is 0 Å². The van der Waals surface area contributed by atoms with Crippen LogP contribution in [0.1, 0.15) is 25.0 Å². The lowest BCUT2D eigenvalue weighted by Crippen LogP contribution is -2.31.